The van der Waals surface area contributed by atoms with E-state index in [0.29, 0.717) is 24.3 Å². The number of rotatable bonds is 5. The molecule has 3 rings (SSSR count). The van der Waals surface area contributed by atoms with Crippen LogP contribution in [-0.4, -0.2) is 48.0 Å². The SMILES string of the molecule is N#Cc1ccc(C(N)=O)cc1OC[C@H]1CC[C@@H](C(=O)N2CCC[C@H]2C#N)N1. The van der Waals surface area contributed by atoms with E-state index in [9.17, 15) is 14.9 Å². The van der Waals surface area contributed by atoms with Crippen molar-refractivity contribution in [1.29, 1.82) is 10.5 Å². The number of benzene rings is 1. The summed E-state index contributed by atoms with van der Waals surface area (Å²) < 4.78 is 5.73. The van der Waals surface area contributed by atoms with Crippen molar-refractivity contribution in [2.75, 3.05) is 13.2 Å². The molecule has 0 aliphatic carbocycles. The second-order valence-electron chi connectivity index (χ2n) is 6.81. The molecule has 3 atom stereocenters. The topological polar surface area (TPSA) is 132 Å². The summed E-state index contributed by atoms with van der Waals surface area (Å²) in [5.41, 5.74) is 5.86. The first-order valence-corrected chi connectivity index (χ1v) is 8.96. The minimum atomic E-state index is -0.591. The average Bonchev–Trinajstić information content (AvgIpc) is 3.34. The molecule has 1 aromatic carbocycles. The quantitative estimate of drug-likeness (QED) is 0.786. The van der Waals surface area contributed by atoms with Gasteiger partial charge in [0.2, 0.25) is 11.8 Å². The molecule has 8 heteroatoms. The Kier molecular flexibility index (Phi) is 5.58. The van der Waals surface area contributed by atoms with Gasteiger partial charge in [0, 0.05) is 18.2 Å². The molecular weight excluding hydrogens is 346 g/mol. The summed E-state index contributed by atoms with van der Waals surface area (Å²) in [6.07, 6.45) is 3.01. The van der Waals surface area contributed by atoms with Crippen LogP contribution in [0, 0.1) is 22.7 Å². The largest absolute Gasteiger partial charge is 0.491 e. The maximum absolute atomic E-state index is 12.6. The lowest BCUT2D eigenvalue weighted by Crippen LogP contribution is -2.47. The van der Waals surface area contributed by atoms with Gasteiger partial charge in [-0.05, 0) is 43.9 Å². The number of nitriles is 2. The van der Waals surface area contributed by atoms with Crippen LogP contribution in [0.25, 0.3) is 0 Å². The van der Waals surface area contributed by atoms with Crippen molar-refractivity contribution in [3.8, 4) is 17.9 Å². The number of hydrogen-bond donors (Lipinski definition) is 2. The Morgan fingerprint density at radius 3 is 2.81 bits per heavy atom. The third-order valence-electron chi connectivity index (χ3n) is 5.05. The molecule has 0 unspecified atom stereocenters. The maximum atomic E-state index is 12.6. The highest BCUT2D eigenvalue weighted by Crippen LogP contribution is 2.24. The Hall–Kier alpha value is -3.10. The zero-order valence-electron chi connectivity index (χ0n) is 14.9. The molecule has 2 fully saturated rings. The Bertz CT molecular complexity index is 826. The fourth-order valence-corrected chi connectivity index (χ4v) is 3.59. The summed E-state index contributed by atoms with van der Waals surface area (Å²) in [7, 11) is 0. The molecule has 0 saturated carbocycles. The van der Waals surface area contributed by atoms with Gasteiger partial charge in [0.1, 0.15) is 24.5 Å². The molecule has 2 aliphatic rings. The van der Waals surface area contributed by atoms with Gasteiger partial charge in [0.25, 0.3) is 0 Å². The number of nitrogens with one attached hydrogen (secondary N) is 1. The lowest BCUT2D eigenvalue weighted by atomic mass is 10.1. The molecule has 0 aromatic heterocycles. The van der Waals surface area contributed by atoms with Crippen LogP contribution in [0.5, 0.6) is 5.75 Å². The van der Waals surface area contributed by atoms with E-state index in [1.54, 1.807) is 4.90 Å². The fraction of sp³-hybridized carbons (Fsp3) is 0.474. The molecule has 140 valence electrons. The Morgan fingerprint density at radius 2 is 2.11 bits per heavy atom. The van der Waals surface area contributed by atoms with Gasteiger partial charge in [-0.25, -0.2) is 0 Å². The summed E-state index contributed by atoms with van der Waals surface area (Å²) in [5, 5.41) is 21.6. The summed E-state index contributed by atoms with van der Waals surface area (Å²) in [6.45, 7) is 0.893. The molecule has 0 spiro atoms. The van der Waals surface area contributed by atoms with Crippen molar-refractivity contribution in [3.05, 3.63) is 29.3 Å². The van der Waals surface area contributed by atoms with E-state index in [0.717, 1.165) is 19.3 Å². The van der Waals surface area contributed by atoms with E-state index in [1.807, 2.05) is 6.07 Å². The van der Waals surface area contributed by atoms with Crippen molar-refractivity contribution >= 4 is 11.8 Å². The van der Waals surface area contributed by atoms with Crippen LogP contribution in [0.1, 0.15) is 41.6 Å². The van der Waals surface area contributed by atoms with Gasteiger partial charge in [-0.2, -0.15) is 10.5 Å². The number of carbonyl (C=O) groups excluding carboxylic acids is 2. The highest BCUT2D eigenvalue weighted by atomic mass is 16.5. The van der Waals surface area contributed by atoms with Gasteiger partial charge < -0.3 is 15.4 Å². The number of nitrogens with two attached hydrogens (primary N) is 1. The van der Waals surface area contributed by atoms with E-state index in [4.69, 9.17) is 15.7 Å². The fourth-order valence-electron chi connectivity index (χ4n) is 3.59. The normalized spacial score (nSPS) is 24.2. The zero-order valence-corrected chi connectivity index (χ0v) is 14.9. The molecule has 0 radical (unpaired) electrons. The summed E-state index contributed by atoms with van der Waals surface area (Å²) in [4.78, 5) is 25.6. The Morgan fingerprint density at radius 1 is 1.30 bits per heavy atom. The van der Waals surface area contributed by atoms with Gasteiger partial charge in [0.15, 0.2) is 0 Å². The van der Waals surface area contributed by atoms with Crippen LogP contribution in [0.4, 0.5) is 0 Å². The van der Waals surface area contributed by atoms with Gasteiger partial charge in [-0.1, -0.05) is 0 Å². The molecule has 2 heterocycles. The smallest absolute Gasteiger partial charge is 0.248 e. The minimum absolute atomic E-state index is 0.0324. The van der Waals surface area contributed by atoms with Crippen LogP contribution >= 0.6 is 0 Å². The number of hydrogen-bond acceptors (Lipinski definition) is 6. The summed E-state index contributed by atoms with van der Waals surface area (Å²) in [5.74, 6) is -0.323. The average molecular weight is 367 g/mol. The van der Waals surface area contributed by atoms with E-state index in [-0.39, 0.29) is 36.2 Å². The highest BCUT2D eigenvalue weighted by molar-refractivity contribution is 5.93. The number of primary amides is 1. The van der Waals surface area contributed by atoms with Gasteiger partial charge in [-0.15, -0.1) is 0 Å². The second kappa shape index (κ2) is 8.07. The van der Waals surface area contributed by atoms with Crippen LogP contribution in [0.15, 0.2) is 18.2 Å². The molecule has 0 bridgehead atoms. The number of likely N-dealkylation sites (tertiary alicyclic amines) is 1. The monoisotopic (exact) mass is 367 g/mol. The Labute approximate surface area is 157 Å². The molecule has 8 nitrogen and oxygen atoms in total. The highest BCUT2D eigenvalue weighted by Gasteiger charge is 2.37. The maximum Gasteiger partial charge on any atom is 0.248 e. The lowest BCUT2D eigenvalue weighted by Gasteiger charge is -2.24. The first kappa shape index (κ1) is 18.7. The van der Waals surface area contributed by atoms with Gasteiger partial charge >= 0.3 is 0 Å². The first-order valence-electron chi connectivity index (χ1n) is 8.96. The first-order chi connectivity index (χ1) is 13.0. The van der Waals surface area contributed by atoms with Gasteiger partial charge in [-0.3, -0.25) is 14.9 Å². The molecule has 2 amide bonds. The van der Waals surface area contributed by atoms with E-state index < -0.39 is 5.91 Å². The van der Waals surface area contributed by atoms with Crippen LogP contribution in [0.3, 0.4) is 0 Å². The van der Waals surface area contributed by atoms with Crippen molar-refractivity contribution in [2.24, 2.45) is 5.73 Å². The van der Waals surface area contributed by atoms with Crippen LogP contribution in [0.2, 0.25) is 0 Å². The van der Waals surface area contributed by atoms with E-state index >= 15 is 0 Å². The molecule has 2 aliphatic heterocycles. The van der Waals surface area contributed by atoms with Crippen molar-refractivity contribution in [1.82, 2.24) is 10.2 Å². The molecule has 1 aromatic rings. The lowest BCUT2D eigenvalue weighted by molar-refractivity contribution is -0.133. The van der Waals surface area contributed by atoms with Gasteiger partial charge in [0.05, 0.1) is 17.7 Å². The molecule has 3 N–H and O–H groups in total. The number of amides is 2. The number of nitrogens with zero attached hydrogens (tertiary/aromatic N) is 3. The van der Waals surface area contributed by atoms with Crippen LogP contribution in [-0.2, 0) is 4.79 Å². The zero-order chi connectivity index (χ0) is 19.4. The third kappa shape index (κ3) is 4.02. The summed E-state index contributed by atoms with van der Waals surface area (Å²) in [6, 6.07) is 7.95. The predicted octanol–water partition coefficient (Wildman–Crippen LogP) is 0.671. The number of ether oxygens (including phenoxy) is 1. The van der Waals surface area contributed by atoms with Crippen molar-refractivity contribution in [2.45, 2.75) is 43.8 Å². The second-order valence-corrected chi connectivity index (χ2v) is 6.81. The van der Waals surface area contributed by atoms with E-state index in [1.165, 1.54) is 18.2 Å². The standard InChI is InChI=1S/C19H21N5O3/c20-9-13-4-3-12(18(22)25)8-17(13)27-11-14-5-6-16(23-14)19(26)24-7-1-2-15(24)10-21/h3-4,8,14-16,23H,1-2,5-7,11H2,(H2,22,25)/t14-,15+,16+/m1/s1. The van der Waals surface area contributed by atoms with Crippen LogP contribution < -0.4 is 15.8 Å². The van der Waals surface area contributed by atoms with E-state index in [2.05, 4.69) is 11.4 Å². The van der Waals surface area contributed by atoms with Crippen molar-refractivity contribution in [3.63, 3.8) is 0 Å². The Balaban J connectivity index is 1.59. The molecule has 2 saturated heterocycles. The van der Waals surface area contributed by atoms with Crippen molar-refractivity contribution < 1.29 is 14.3 Å². The molecule has 27 heavy (non-hydrogen) atoms. The summed E-state index contributed by atoms with van der Waals surface area (Å²) >= 11 is 0. The number of carbonyl (C=O) groups is 2. The predicted molar refractivity (Wildman–Crippen MR) is 95.5 cm³/mol. The minimum Gasteiger partial charge on any atom is -0.491 e. The molecular formula is C19H21N5O3. The third-order valence-corrected chi connectivity index (χ3v) is 5.05.